The number of likely N-dealkylation sites (tertiary alicyclic amines) is 1. The molecule has 126 valence electrons. The Kier molecular flexibility index (Phi) is 3.56. The Hall–Kier alpha value is -2.35. The zero-order valence-corrected chi connectivity index (χ0v) is 13.4. The van der Waals surface area contributed by atoms with E-state index in [0.29, 0.717) is 41.8 Å². The minimum atomic E-state index is -0.424. The zero-order chi connectivity index (χ0) is 16.8. The Bertz CT molecular complexity index is 830. The van der Waals surface area contributed by atoms with Gasteiger partial charge < -0.3 is 15.0 Å². The van der Waals surface area contributed by atoms with Gasteiger partial charge in [-0.3, -0.25) is 4.79 Å². The van der Waals surface area contributed by atoms with Crippen molar-refractivity contribution >= 4 is 28.5 Å². The number of nitrogens with zero attached hydrogens (tertiary/aromatic N) is 4. The number of carbonyl (C=O) groups is 1. The molecule has 2 fully saturated rings. The van der Waals surface area contributed by atoms with Gasteiger partial charge in [-0.25, -0.2) is 4.58 Å². The van der Waals surface area contributed by atoms with Crippen molar-refractivity contribution in [3.8, 4) is 0 Å². The van der Waals surface area contributed by atoms with Crippen LogP contribution in [0.5, 0.6) is 0 Å². The number of aliphatic hydroxyl groups excluding tert-OH is 1. The van der Waals surface area contributed by atoms with E-state index < -0.39 is 12.6 Å². The number of fused-ring (bicyclic) bond motifs is 2. The third-order valence-corrected chi connectivity index (χ3v) is 5.22. The highest BCUT2D eigenvalue weighted by Crippen LogP contribution is 2.37. The van der Waals surface area contributed by atoms with Gasteiger partial charge in [-0.05, 0) is 16.8 Å². The Morgan fingerprint density at radius 2 is 2.12 bits per heavy atom. The Labute approximate surface area is 137 Å². The molecule has 1 aliphatic carbocycles. The van der Waals surface area contributed by atoms with E-state index in [4.69, 9.17) is 5.11 Å². The van der Waals surface area contributed by atoms with Crippen molar-refractivity contribution in [2.45, 2.75) is 12.8 Å². The molecule has 1 saturated heterocycles. The predicted octanol–water partition coefficient (Wildman–Crippen LogP) is 0.672. The van der Waals surface area contributed by atoms with Gasteiger partial charge in [-0.2, -0.15) is 9.37 Å². The van der Waals surface area contributed by atoms with Crippen LogP contribution in [0.3, 0.4) is 0 Å². The number of aromatic nitrogens is 3. The molecule has 2 N–H and O–H groups in total. The van der Waals surface area contributed by atoms with Gasteiger partial charge in [-0.15, -0.1) is 0 Å². The van der Waals surface area contributed by atoms with Gasteiger partial charge in [0.1, 0.15) is 12.0 Å². The number of rotatable bonds is 2. The summed E-state index contributed by atoms with van der Waals surface area (Å²) < 4.78 is 15.5. The largest absolute Gasteiger partial charge is 0.387 e. The number of H-pyrrole nitrogens is 1. The van der Waals surface area contributed by atoms with Crippen LogP contribution in [0.1, 0.15) is 12.8 Å². The van der Waals surface area contributed by atoms with Crippen molar-refractivity contribution in [3.05, 3.63) is 18.3 Å². The summed E-state index contributed by atoms with van der Waals surface area (Å²) in [6.07, 6.45) is 3.20. The lowest BCUT2D eigenvalue weighted by atomic mass is 10.0. The molecular formula is C16H19FN5O2+. The first-order valence-electron chi connectivity index (χ1n) is 8.03. The number of aliphatic hydroxyl groups is 1. The van der Waals surface area contributed by atoms with E-state index in [2.05, 4.69) is 15.0 Å². The summed E-state index contributed by atoms with van der Waals surface area (Å²) >= 11 is 0. The number of halogens is 1. The number of nitrogens with one attached hydrogen (secondary N) is 1. The first-order chi connectivity index (χ1) is 11.6. The number of amides is 1. The Morgan fingerprint density at radius 3 is 2.79 bits per heavy atom. The molecule has 1 aliphatic heterocycles. The number of hydrogen-bond acceptors (Lipinski definition) is 4. The van der Waals surface area contributed by atoms with Crippen molar-refractivity contribution < 1.29 is 18.9 Å². The van der Waals surface area contributed by atoms with Crippen LogP contribution in [0.25, 0.3) is 11.0 Å². The summed E-state index contributed by atoms with van der Waals surface area (Å²) in [5.74, 6) is 0.904. The first-order valence-corrected chi connectivity index (χ1v) is 8.03. The van der Waals surface area contributed by atoms with Crippen molar-refractivity contribution in [2.75, 3.05) is 26.7 Å². The minimum absolute atomic E-state index is 0.195. The van der Waals surface area contributed by atoms with Crippen LogP contribution in [0, 0.1) is 17.8 Å². The van der Waals surface area contributed by atoms with Crippen LogP contribution in [0.15, 0.2) is 12.4 Å². The average molecular weight is 332 g/mol. The van der Waals surface area contributed by atoms with Gasteiger partial charge in [0.05, 0.1) is 12.8 Å². The SMILES string of the molecule is C[N+](=C1CC2CN(C(=O)CO)CC2C1)c1ncnc2[nH]c(F)cc12. The molecule has 0 bridgehead atoms. The summed E-state index contributed by atoms with van der Waals surface area (Å²) in [4.78, 5) is 24.3. The molecule has 0 radical (unpaired) electrons. The lowest BCUT2D eigenvalue weighted by Gasteiger charge is -2.15. The van der Waals surface area contributed by atoms with Crippen molar-refractivity contribution in [2.24, 2.45) is 11.8 Å². The fourth-order valence-electron chi connectivity index (χ4n) is 3.98. The molecule has 1 amide bonds. The van der Waals surface area contributed by atoms with Crippen molar-refractivity contribution in [1.29, 1.82) is 0 Å². The maximum Gasteiger partial charge on any atom is 0.335 e. The average Bonchev–Trinajstić information content (AvgIpc) is 3.23. The molecule has 1 saturated carbocycles. The molecule has 4 rings (SSSR count). The second kappa shape index (κ2) is 5.62. The van der Waals surface area contributed by atoms with E-state index in [1.807, 2.05) is 11.6 Å². The monoisotopic (exact) mass is 332 g/mol. The van der Waals surface area contributed by atoms with Crippen molar-refractivity contribution in [3.63, 3.8) is 0 Å². The molecular weight excluding hydrogens is 313 g/mol. The molecule has 2 aliphatic rings. The molecule has 24 heavy (non-hydrogen) atoms. The standard InChI is InChI=1S/C16H19FN5O2/c1-21(16-12-4-13(17)20-15(12)18-8-19-16)11-2-9-5-22(14(24)7-23)6-10(9)3-11/h4,8-10,23H,2-3,5-7H2,1H3,(H,18,19,20)/q+1. The molecule has 7 nitrogen and oxygen atoms in total. The van der Waals surface area contributed by atoms with E-state index >= 15 is 0 Å². The summed E-state index contributed by atoms with van der Waals surface area (Å²) in [6.45, 7) is 0.965. The maximum absolute atomic E-state index is 13.5. The minimum Gasteiger partial charge on any atom is -0.387 e. The molecule has 0 spiro atoms. The van der Waals surface area contributed by atoms with E-state index in [1.54, 1.807) is 4.90 Å². The summed E-state index contributed by atoms with van der Waals surface area (Å²) in [5.41, 5.74) is 1.73. The Morgan fingerprint density at radius 1 is 1.42 bits per heavy atom. The summed E-state index contributed by atoms with van der Waals surface area (Å²) in [5, 5.41) is 9.66. The number of aromatic amines is 1. The highest BCUT2D eigenvalue weighted by molar-refractivity contribution is 5.88. The fraction of sp³-hybridized carbons (Fsp3) is 0.500. The summed E-state index contributed by atoms with van der Waals surface area (Å²) in [7, 11) is 1.94. The van der Waals surface area contributed by atoms with E-state index in [0.717, 1.165) is 12.8 Å². The van der Waals surface area contributed by atoms with E-state index in [-0.39, 0.29) is 5.91 Å². The van der Waals surface area contributed by atoms with Gasteiger partial charge in [0.15, 0.2) is 11.6 Å². The van der Waals surface area contributed by atoms with Gasteiger partial charge in [-0.1, -0.05) is 0 Å². The van der Waals surface area contributed by atoms with Crippen LogP contribution in [-0.4, -0.2) is 67.9 Å². The smallest absolute Gasteiger partial charge is 0.335 e. The number of carbonyl (C=O) groups excluding carboxylic acids is 1. The van der Waals surface area contributed by atoms with Crippen molar-refractivity contribution in [1.82, 2.24) is 19.9 Å². The third-order valence-electron chi connectivity index (χ3n) is 5.22. The van der Waals surface area contributed by atoms with Gasteiger partial charge >= 0.3 is 5.82 Å². The maximum atomic E-state index is 13.5. The van der Waals surface area contributed by atoms with Gasteiger partial charge in [0.2, 0.25) is 12.2 Å². The highest BCUT2D eigenvalue weighted by Gasteiger charge is 2.42. The second-order valence-electron chi connectivity index (χ2n) is 6.59. The molecule has 2 aromatic rings. The molecule has 2 unspecified atom stereocenters. The van der Waals surface area contributed by atoms with E-state index in [9.17, 15) is 9.18 Å². The summed E-state index contributed by atoms with van der Waals surface area (Å²) in [6, 6.07) is 1.42. The molecule has 8 heteroatoms. The van der Waals surface area contributed by atoms with Crippen LogP contribution in [0.4, 0.5) is 10.2 Å². The van der Waals surface area contributed by atoms with Crippen LogP contribution in [-0.2, 0) is 4.79 Å². The van der Waals surface area contributed by atoms with Crippen LogP contribution < -0.4 is 0 Å². The number of hydrogen-bond donors (Lipinski definition) is 2. The topological polar surface area (TPSA) is 85.1 Å². The lowest BCUT2D eigenvalue weighted by Crippen LogP contribution is -2.32. The van der Waals surface area contributed by atoms with Crippen LogP contribution in [0.2, 0.25) is 0 Å². The lowest BCUT2D eigenvalue weighted by molar-refractivity contribution is -0.410. The molecule has 3 heterocycles. The fourth-order valence-corrected chi connectivity index (χ4v) is 3.98. The molecule has 0 aromatic carbocycles. The quantitative estimate of drug-likeness (QED) is 0.792. The normalized spacial score (nSPS) is 23.1. The zero-order valence-electron chi connectivity index (χ0n) is 13.4. The highest BCUT2D eigenvalue weighted by atomic mass is 19.1. The van der Waals surface area contributed by atoms with Gasteiger partial charge in [0, 0.05) is 32.0 Å². The molecule has 2 aromatic heterocycles. The third kappa shape index (κ3) is 2.37. The van der Waals surface area contributed by atoms with Crippen LogP contribution >= 0.6 is 0 Å². The molecule has 2 atom stereocenters. The second-order valence-corrected chi connectivity index (χ2v) is 6.59. The Balaban J connectivity index is 1.61. The predicted molar refractivity (Wildman–Crippen MR) is 84.6 cm³/mol. The van der Waals surface area contributed by atoms with E-state index in [1.165, 1.54) is 18.1 Å². The first kappa shape index (κ1) is 15.2. The van der Waals surface area contributed by atoms with Gasteiger partial charge in [0.25, 0.3) is 0 Å².